The topological polar surface area (TPSA) is 86.3 Å². The lowest BCUT2D eigenvalue weighted by Crippen LogP contribution is -2.52. The molecule has 186 valence electrons. The molecule has 8 nitrogen and oxygen atoms in total. The Balaban J connectivity index is 0.00000544. The smallest absolute Gasteiger partial charge is 0.410 e. The number of hydrogen-bond donors (Lipinski definition) is 2. The van der Waals surface area contributed by atoms with Crippen molar-refractivity contribution in [2.24, 2.45) is 4.99 Å². The van der Waals surface area contributed by atoms with Gasteiger partial charge in [-0.25, -0.2) is 4.79 Å². The van der Waals surface area contributed by atoms with Crippen molar-refractivity contribution in [3.63, 3.8) is 0 Å². The number of carbonyl (C=O) groups excluding carboxylic acids is 2. The minimum Gasteiger partial charge on any atom is -0.444 e. The number of nitrogens with zero attached hydrogens (tertiary/aromatic N) is 3. The van der Waals surface area contributed by atoms with Crippen LogP contribution in [0.25, 0.3) is 0 Å². The number of ether oxygens (including phenoxy) is 1. The van der Waals surface area contributed by atoms with E-state index in [0.29, 0.717) is 24.6 Å². The van der Waals surface area contributed by atoms with Crippen LogP contribution in [0.4, 0.5) is 4.79 Å². The van der Waals surface area contributed by atoms with E-state index in [1.807, 2.05) is 49.9 Å². The monoisotopic (exact) mass is 573 g/mol. The normalized spacial score (nSPS) is 16.5. The summed E-state index contributed by atoms with van der Waals surface area (Å²) in [4.78, 5) is 32.5. The van der Waals surface area contributed by atoms with Gasteiger partial charge >= 0.3 is 6.09 Å². The minimum atomic E-state index is -0.501. The molecule has 0 radical (unpaired) electrons. The Labute approximate surface area is 215 Å². The second-order valence-electron chi connectivity index (χ2n) is 9.35. The number of halogens is 1. The summed E-state index contributed by atoms with van der Waals surface area (Å²) in [6.07, 6.45) is 3.55. The maximum Gasteiger partial charge on any atom is 0.410 e. The first-order valence-corrected chi connectivity index (χ1v) is 11.4. The van der Waals surface area contributed by atoms with E-state index in [9.17, 15) is 9.59 Å². The molecular weight excluding hydrogens is 533 g/mol. The number of carbonyl (C=O) groups is 2. The van der Waals surface area contributed by atoms with Gasteiger partial charge in [-0.3, -0.25) is 9.79 Å². The van der Waals surface area contributed by atoms with Gasteiger partial charge in [0, 0.05) is 46.3 Å². The van der Waals surface area contributed by atoms with Crippen LogP contribution >= 0.6 is 24.0 Å². The number of guanidine groups is 1. The summed E-state index contributed by atoms with van der Waals surface area (Å²) in [5.41, 5.74) is 1.28. The highest BCUT2D eigenvalue weighted by Crippen LogP contribution is 2.20. The van der Waals surface area contributed by atoms with Gasteiger partial charge < -0.3 is 25.2 Å². The molecule has 0 saturated carbocycles. The van der Waals surface area contributed by atoms with Gasteiger partial charge in [-0.1, -0.05) is 12.1 Å². The van der Waals surface area contributed by atoms with Crippen LogP contribution in [0.15, 0.2) is 29.3 Å². The number of likely N-dealkylation sites (tertiary alicyclic amines) is 1. The lowest BCUT2D eigenvalue weighted by molar-refractivity contribution is 0.0104. The molecule has 1 aromatic carbocycles. The molecule has 1 aromatic rings. The molecule has 0 spiro atoms. The molecule has 0 aromatic heterocycles. The van der Waals surface area contributed by atoms with Gasteiger partial charge in [0.1, 0.15) is 5.60 Å². The molecule has 2 N–H and O–H groups in total. The van der Waals surface area contributed by atoms with Crippen LogP contribution in [-0.2, 0) is 11.2 Å². The average molecular weight is 574 g/mol. The highest BCUT2D eigenvalue weighted by molar-refractivity contribution is 14.0. The second-order valence-corrected chi connectivity index (χ2v) is 9.35. The first kappa shape index (κ1) is 29.0. The Kier molecular flexibility index (Phi) is 12.0. The number of rotatable bonds is 6. The molecule has 9 heteroatoms. The van der Waals surface area contributed by atoms with Crippen molar-refractivity contribution >= 4 is 41.9 Å². The van der Waals surface area contributed by atoms with Crippen molar-refractivity contribution in [1.29, 1.82) is 0 Å². The van der Waals surface area contributed by atoms with Crippen LogP contribution in [0, 0.1) is 0 Å². The van der Waals surface area contributed by atoms with E-state index in [2.05, 4.69) is 15.6 Å². The molecule has 1 fully saturated rings. The molecule has 1 atom stereocenters. The first-order chi connectivity index (χ1) is 15.1. The van der Waals surface area contributed by atoms with Crippen LogP contribution in [0.2, 0.25) is 0 Å². The zero-order chi connectivity index (χ0) is 23.7. The van der Waals surface area contributed by atoms with Gasteiger partial charge in [-0.05, 0) is 64.2 Å². The summed E-state index contributed by atoms with van der Waals surface area (Å²) in [6.45, 7) is 7.68. The Morgan fingerprint density at radius 1 is 1.21 bits per heavy atom. The number of amides is 2. The van der Waals surface area contributed by atoms with Crippen LogP contribution < -0.4 is 10.6 Å². The summed E-state index contributed by atoms with van der Waals surface area (Å²) >= 11 is 0. The molecule has 0 aliphatic carbocycles. The number of benzene rings is 1. The zero-order valence-corrected chi connectivity index (χ0v) is 23.1. The van der Waals surface area contributed by atoms with Crippen molar-refractivity contribution in [3.05, 3.63) is 35.4 Å². The molecule has 33 heavy (non-hydrogen) atoms. The molecule has 1 heterocycles. The number of aliphatic imine (C=N–C) groups is 1. The fraction of sp³-hybridized carbons (Fsp3) is 0.625. The lowest BCUT2D eigenvalue weighted by atomic mass is 10.0. The SMILES string of the molecule is CN=C(NCCc1cccc(C(=O)N(C)C)c1)NCC1CCCCN1C(=O)OC(C)(C)C.I. The van der Waals surface area contributed by atoms with Gasteiger partial charge in [0.2, 0.25) is 0 Å². The zero-order valence-electron chi connectivity index (χ0n) is 20.8. The van der Waals surface area contributed by atoms with E-state index >= 15 is 0 Å². The third kappa shape index (κ3) is 9.77. The predicted molar refractivity (Wildman–Crippen MR) is 144 cm³/mol. The summed E-state index contributed by atoms with van der Waals surface area (Å²) in [6, 6.07) is 7.77. The van der Waals surface area contributed by atoms with E-state index in [-0.39, 0.29) is 42.0 Å². The number of hydrogen-bond acceptors (Lipinski definition) is 4. The maximum absolute atomic E-state index is 12.6. The van der Waals surface area contributed by atoms with Crippen molar-refractivity contribution in [2.75, 3.05) is 40.8 Å². The number of piperidine rings is 1. The molecular formula is C24H40IN5O3. The number of nitrogens with one attached hydrogen (secondary N) is 2. The van der Waals surface area contributed by atoms with Gasteiger partial charge in [-0.2, -0.15) is 0 Å². The Hall–Kier alpha value is -2.04. The van der Waals surface area contributed by atoms with Crippen molar-refractivity contribution in [1.82, 2.24) is 20.4 Å². The van der Waals surface area contributed by atoms with E-state index in [1.165, 1.54) is 0 Å². The lowest BCUT2D eigenvalue weighted by Gasteiger charge is -2.37. The van der Waals surface area contributed by atoms with Gasteiger partial charge in [0.05, 0.1) is 6.04 Å². The predicted octanol–water partition coefficient (Wildman–Crippen LogP) is 3.50. The summed E-state index contributed by atoms with van der Waals surface area (Å²) in [5.74, 6) is 0.694. The second kappa shape index (κ2) is 13.6. The highest BCUT2D eigenvalue weighted by Gasteiger charge is 2.30. The third-order valence-electron chi connectivity index (χ3n) is 5.27. The molecule has 1 unspecified atom stereocenters. The molecule has 1 aliphatic heterocycles. The van der Waals surface area contributed by atoms with E-state index < -0.39 is 5.60 Å². The van der Waals surface area contributed by atoms with Crippen molar-refractivity contribution < 1.29 is 14.3 Å². The van der Waals surface area contributed by atoms with Gasteiger partial charge in [-0.15, -0.1) is 24.0 Å². The quantitative estimate of drug-likeness (QED) is 0.309. The van der Waals surface area contributed by atoms with E-state index in [0.717, 1.165) is 37.8 Å². The standard InChI is InChI=1S/C24H39N5O3.HI/c1-24(2,3)32-23(31)29-15-8-7-12-20(29)17-27-22(25-4)26-14-13-18-10-9-11-19(16-18)21(30)28(5)6;/h9-11,16,20H,7-8,12-15,17H2,1-6H3,(H2,25,26,27);1H. The van der Waals surface area contributed by atoms with Crippen LogP contribution in [0.3, 0.4) is 0 Å². The van der Waals surface area contributed by atoms with Crippen molar-refractivity contribution in [3.8, 4) is 0 Å². The summed E-state index contributed by atoms with van der Waals surface area (Å²) in [7, 11) is 5.24. The highest BCUT2D eigenvalue weighted by atomic mass is 127. The Bertz CT molecular complexity index is 808. The van der Waals surface area contributed by atoms with Gasteiger partial charge in [0.25, 0.3) is 5.91 Å². The average Bonchev–Trinajstić information content (AvgIpc) is 2.74. The molecule has 2 rings (SSSR count). The van der Waals surface area contributed by atoms with Crippen molar-refractivity contribution in [2.45, 2.75) is 58.1 Å². The fourth-order valence-corrected chi connectivity index (χ4v) is 3.65. The first-order valence-electron chi connectivity index (χ1n) is 11.4. The Morgan fingerprint density at radius 3 is 2.58 bits per heavy atom. The van der Waals surface area contributed by atoms with E-state index in [1.54, 1.807) is 26.0 Å². The maximum atomic E-state index is 12.6. The van der Waals surface area contributed by atoms with Crippen LogP contribution in [0.5, 0.6) is 0 Å². The molecule has 2 amide bonds. The summed E-state index contributed by atoms with van der Waals surface area (Å²) < 4.78 is 5.58. The fourth-order valence-electron chi connectivity index (χ4n) is 3.65. The van der Waals surface area contributed by atoms with Crippen LogP contribution in [-0.4, -0.2) is 80.2 Å². The molecule has 0 bridgehead atoms. The minimum absolute atomic E-state index is 0. The molecule has 1 aliphatic rings. The van der Waals surface area contributed by atoms with Gasteiger partial charge in [0.15, 0.2) is 5.96 Å². The third-order valence-corrected chi connectivity index (χ3v) is 5.27. The van der Waals surface area contributed by atoms with Crippen LogP contribution in [0.1, 0.15) is 56.0 Å². The summed E-state index contributed by atoms with van der Waals surface area (Å²) in [5, 5.41) is 6.67. The van der Waals surface area contributed by atoms with E-state index in [4.69, 9.17) is 4.74 Å². The molecule has 1 saturated heterocycles. The Morgan fingerprint density at radius 2 is 1.94 bits per heavy atom. The largest absolute Gasteiger partial charge is 0.444 e.